The zero-order valence-corrected chi connectivity index (χ0v) is 16.3. The maximum absolute atomic E-state index is 12.0. The highest BCUT2D eigenvalue weighted by Crippen LogP contribution is 2.24. The van der Waals surface area contributed by atoms with Crippen LogP contribution in [0.4, 0.5) is 0 Å². The first kappa shape index (κ1) is 18.5. The van der Waals surface area contributed by atoms with Crippen molar-refractivity contribution < 1.29 is 4.42 Å². The van der Waals surface area contributed by atoms with Gasteiger partial charge in [-0.3, -0.25) is 13.8 Å². The Hall–Kier alpha value is -2.84. The number of oxazole rings is 1. The number of benzene rings is 1. The fourth-order valence-corrected chi connectivity index (χ4v) is 3.68. The topological polar surface area (TPSA) is 82.8 Å². The first-order chi connectivity index (χ1) is 13.2. The molecule has 1 aliphatic rings. The van der Waals surface area contributed by atoms with Gasteiger partial charge in [0, 0.05) is 38.1 Å². The van der Waals surface area contributed by atoms with Crippen LogP contribution in [0.25, 0.3) is 28.3 Å². The monoisotopic (exact) mass is 400 g/mol. The zero-order valence-electron chi connectivity index (χ0n) is 15.5. The van der Waals surface area contributed by atoms with Crippen molar-refractivity contribution in [2.75, 3.05) is 6.54 Å². The second-order valence-corrected chi connectivity index (χ2v) is 6.66. The highest BCUT2D eigenvalue weighted by Gasteiger charge is 2.17. The molecule has 5 rings (SSSR count). The molecule has 1 aliphatic heterocycles. The van der Waals surface area contributed by atoms with E-state index in [1.807, 2.05) is 35.9 Å². The summed E-state index contributed by atoms with van der Waals surface area (Å²) in [6.45, 7) is 5.24. The van der Waals surface area contributed by atoms with Crippen LogP contribution in [0.5, 0.6) is 0 Å². The highest BCUT2D eigenvalue weighted by molar-refractivity contribution is 5.85. The first-order valence-corrected chi connectivity index (χ1v) is 9.19. The summed E-state index contributed by atoms with van der Waals surface area (Å²) in [4.78, 5) is 16.5. The number of aryl methyl sites for hydroxylation is 2. The molecule has 1 aromatic carbocycles. The molecule has 0 amide bonds. The Morgan fingerprint density at radius 1 is 1.29 bits per heavy atom. The lowest BCUT2D eigenvalue weighted by Gasteiger charge is -2.06. The molecule has 1 N–H and O–H groups in total. The van der Waals surface area contributed by atoms with Gasteiger partial charge < -0.3 is 9.73 Å². The first-order valence-electron chi connectivity index (χ1n) is 9.19. The molecular formula is C19H21ClN6O2. The number of nitrogens with one attached hydrogen (secondary N) is 1. The molecule has 0 saturated carbocycles. The number of imidazole rings is 1. The average Bonchev–Trinajstić information content (AvgIpc) is 3.34. The lowest BCUT2D eigenvalue weighted by Crippen LogP contribution is -2.11. The quantitative estimate of drug-likeness (QED) is 0.571. The molecule has 0 spiro atoms. The summed E-state index contributed by atoms with van der Waals surface area (Å²) in [7, 11) is 0. The summed E-state index contributed by atoms with van der Waals surface area (Å²) in [5.74, 6) is 0.438. The minimum atomic E-state index is -0.333. The lowest BCUT2D eigenvalue weighted by atomic mass is 10.2. The minimum absolute atomic E-state index is 0. The van der Waals surface area contributed by atoms with Gasteiger partial charge >= 0.3 is 5.76 Å². The number of rotatable bonds is 3. The number of aromatic nitrogens is 5. The largest absolute Gasteiger partial charge is 0.419 e. The summed E-state index contributed by atoms with van der Waals surface area (Å²) in [5, 5.41) is 8.16. The Kier molecular flexibility index (Phi) is 4.82. The van der Waals surface area contributed by atoms with E-state index in [1.54, 1.807) is 10.8 Å². The third kappa shape index (κ3) is 2.94. The van der Waals surface area contributed by atoms with Crippen LogP contribution in [0.2, 0.25) is 0 Å². The number of halogens is 1. The third-order valence-corrected chi connectivity index (χ3v) is 5.01. The maximum atomic E-state index is 12.0. The standard InChI is InChI=1S/C19H20N6O2.ClH/c1-2-23-16-5-4-13(11-17(16)27-19(23)26)24-9-7-21-18(24)15-10-14-12-20-6-3-8-25(14)22-15;/h4-5,7,9-11,20H,2-3,6,8,12H2,1H3;1H. The van der Waals surface area contributed by atoms with Crippen LogP contribution in [-0.2, 0) is 19.6 Å². The molecule has 0 bridgehead atoms. The van der Waals surface area contributed by atoms with E-state index >= 15 is 0 Å². The summed E-state index contributed by atoms with van der Waals surface area (Å²) in [5.41, 5.74) is 4.26. The summed E-state index contributed by atoms with van der Waals surface area (Å²) < 4.78 is 11.0. The normalized spacial score (nSPS) is 13.9. The van der Waals surface area contributed by atoms with Gasteiger partial charge in [-0.05, 0) is 38.1 Å². The summed E-state index contributed by atoms with van der Waals surface area (Å²) in [6.07, 6.45) is 4.72. The number of hydrogen-bond donors (Lipinski definition) is 1. The number of fused-ring (bicyclic) bond motifs is 2. The molecule has 0 atom stereocenters. The molecule has 4 heterocycles. The minimum Gasteiger partial charge on any atom is -0.408 e. The molecule has 4 aromatic rings. The molecule has 9 heteroatoms. The molecular weight excluding hydrogens is 380 g/mol. The van der Waals surface area contributed by atoms with Crippen LogP contribution in [0.15, 0.2) is 45.9 Å². The second kappa shape index (κ2) is 7.29. The lowest BCUT2D eigenvalue weighted by molar-refractivity contribution is 0.513. The molecule has 0 radical (unpaired) electrons. The van der Waals surface area contributed by atoms with E-state index in [2.05, 4.69) is 21.0 Å². The average molecular weight is 401 g/mol. The van der Waals surface area contributed by atoms with Crippen molar-refractivity contribution in [3.05, 3.63) is 52.9 Å². The van der Waals surface area contributed by atoms with Crippen LogP contribution in [-0.4, -0.2) is 30.4 Å². The third-order valence-electron chi connectivity index (χ3n) is 5.01. The van der Waals surface area contributed by atoms with Gasteiger partial charge in [0.1, 0.15) is 5.69 Å². The van der Waals surface area contributed by atoms with Crippen molar-refractivity contribution in [2.24, 2.45) is 0 Å². The van der Waals surface area contributed by atoms with Crippen LogP contribution in [0.3, 0.4) is 0 Å². The Bertz CT molecular complexity index is 1160. The fourth-order valence-electron chi connectivity index (χ4n) is 3.68. The van der Waals surface area contributed by atoms with Crippen molar-refractivity contribution in [3.8, 4) is 17.2 Å². The predicted molar refractivity (Wildman–Crippen MR) is 108 cm³/mol. The van der Waals surface area contributed by atoms with Crippen molar-refractivity contribution in [1.82, 2.24) is 29.2 Å². The van der Waals surface area contributed by atoms with Crippen molar-refractivity contribution in [1.29, 1.82) is 0 Å². The second-order valence-electron chi connectivity index (χ2n) is 6.66. The van der Waals surface area contributed by atoms with Crippen molar-refractivity contribution >= 4 is 23.5 Å². The van der Waals surface area contributed by atoms with Gasteiger partial charge in [-0.15, -0.1) is 12.4 Å². The zero-order chi connectivity index (χ0) is 18.4. The Labute approximate surface area is 167 Å². The van der Waals surface area contributed by atoms with Crippen LogP contribution >= 0.6 is 12.4 Å². The van der Waals surface area contributed by atoms with Gasteiger partial charge in [0.05, 0.1) is 16.9 Å². The fraction of sp³-hybridized carbons (Fsp3) is 0.316. The summed E-state index contributed by atoms with van der Waals surface area (Å²) >= 11 is 0. The molecule has 0 fully saturated rings. The van der Waals surface area contributed by atoms with E-state index in [4.69, 9.17) is 9.52 Å². The number of nitrogens with zero attached hydrogens (tertiary/aromatic N) is 5. The van der Waals surface area contributed by atoms with Gasteiger partial charge in [0.2, 0.25) is 0 Å². The molecule has 28 heavy (non-hydrogen) atoms. The highest BCUT2D eigenvalue weighted by atomic mass is 35.5. The van der Waals surface area contributed by atoms with E-state index < -0.39 is 0 Å². The van der Waals surface area contributed by atoms with Gasteiger partial charge in [-0.1, -0.05) is 0 Å². The summed E-state index contributed by atoms with van der Waals surface area (Å²) in [6, 6.07) is 7.84. The molecule has 3 aromatic heterocycles. The Balaban J connectivity index is 0.00000192. The molecule has 0 unspecified atom stereocenters. The van der Waals surface area contributed by atoms with E-state index in [9.17, 15) is 4.79 Å². The Morgan fingerprint density at radius 3 is 3.04 bits per heavy atom. The van der Waals surface area contributed by atoms with Gasteiger partial charge in [0.25, 0.3) is 0 Å². The predicted octanol–water partition coefficient (Wildman–Crippen LogP) is 2.58. The Morgan fingerprint density at radius 2 is 2.18 bits per heavy atom. The SMILES string of the molecule is CCn1c(=O)oc2cc(-n3ccnc3-c3cc4n(n3)CCCNC4)ccc21.Cl. The number of hydrogen-bond acceptors (Lipinski definition) is 5. The van der Waals surface area contributed by atoms with Crippen LogP contribution in [0.1, 0.15) is 19.0 Å². The van der Waals surface area contributed by atoms with E-state index in [1.165, 1.54) is 5.69 Å². The van der Waals surface area contributed by atoms with Gasteiger partial charge in [0.15, 0.2) is 11.4 Å². The maximum Gasteiger partial charge on any atom is 0.419 e. The molecule has 0 saturated heterocycles. The molecule has 0 aliphatic carbocycles. The van der Waals surface area contributed by atoms with E-state index in [-0.39, 0.29) is 18.2 Å². The van der Waals surface area contributed by atoms with Gasteiger partial charge in [-0.2, -0.15) is 5.10 Å². The van der Waals surface area contributed by atoms with Crippen molar-refractivity contribution in [2.45, 2.75) is 33.0 Å². The van der Waals surface area contributed by atoms with Crippen LogP contribution < -0.4 is 11.1 Å². The van der Waals surface area contributed by atoms with Crippen molar-refractivity contribution in [3.63, 3.8) is 0 Å². The van der Waals surface area contributed by atoms with Crippen LogP contribution in [0, 0.1) is 0 Å². The van der Waals surface area contributed by atoms with Gasteiger partial charge in [-0.25, -0.2) is 9.78 Å². The van der Waals surface area contributed by atoms with E-state index in [0.29, 0.717) is 12.1 Å². The van der Waals surface area contributed by atoms with E-state index in [0.717, 1.165) is 48.8 Å². The smallest absolute Gasteiger partial charge is 0.408 e. The molecule has 146 valence electrons. The molecule has 8 nitrogen and oxygen atoms in total.